The number of halogens is 3. The zero-order chi connectivity index (χ0) is 18.7. The fourth-order valence-corrected chi connectivity index (χ4v) is 3.00. The van der Waals surface area contributed by atoms with Crippen LogP contribution in [0.2, 0.25) is 0 Å². The van der Waals surface area contributed by atoms with Crippen molar-refractivity contribution in [3.05, 3.63) is 0 Å². The first-order valence-electron chi connectivity index (χ1n) is 9.32. The van der Waals surface area contributed by atoms with Crippen molar-refractivity contribution in [2.75, 3.05) is 0 Å². The van der Waals surface area contributed by atoms with E-state index in [0.717, 1.165) is 19.3 Å². The number of cyclic esters (lactones) is 1. The predicted octanol–water partition coefficient (Wildman–Crippen LogP) is 5.09. The summed E-state index contributed by atoms with van der Waals surface area (Å²) in [5.74, 6) is -2.65. The lowest BCUT2D eigenvalue weighted by Crippen LogP contribution is -2.40. The van der Waals surface area contributed by atoms with E-state index in [9.17, 15) is 22.8 Å². The van der Waals surface area contributed by atoms with Crippen LogP contribution in [-0.2, 0) is 19.1 Å². The molecule has 0 spiro atoms. The fraction of sp³-hybridized carbons (Fsp3) is 0.889. The van der Waals surface area contributed by atoms with Crippen molar-refractivity contribution in [2.24, 2.45) is 0 Å². The zero-order valence-corrected chi connectivity index (χ0v) is 14.9. The number of rotatable bonds is 11. The van der Waals surface area contributed by atoms with E-state index in [4.69, 9.17) is 4.74 Å². The number of carbonyl (C=O) groups is 2. The van der Waals surface area contributed by atoms with E-state index in [1.807, 2.05) is 0 Å². The van der Waals surface area contributed by atoms with Crippen LogP contribution in [0.3, 0.4) is 0 Å². The van der Waals surface area contributed by atoms with Crippen LogP contribution in [0, 0.1) is 0 Å². The molecule has 0 bridgehead atoms. The third-order valence-electron chi connectivity index (χ3n) is 4.40. The van der Waals surface area contributed by atoms with E-state index in [1.54, 1.807) is 0 Å². The van der Waals surface area contributed by atoms with E-state index in [1.165, 1.54) is 25.7 Å². The Bertz CT molecular complexity index is 410. The first kappa shape index (κ1) is 21.8. The molecule has 0 radical (unpaired) electrons. The Morgan fingerprint density at radius 3 is 2.32 bits per heavy atom. The average Bonchev–Trinajstić information content (AvgIpc) is 2.55. The Balaban J connectivity index is 2.40. The second-order valence-electron chi connectivity index (χ2n) is 6.63. The maximum atomic E-state index is 12.5. The molecule has 146 valence electrons. The van der Waals surface area contributed by atoms with Gasteiger partial charge in [-0.25, -0.2) is 4.79 Å². The number of esters is 2. The van der Waals surface area contributed by atoms with Gasteiger partial charge in [0.15, 0.2) is 0 Å². The van der Waals surface area contributed by atoms with Gasteiger partial charge in [0.2, 0.25) is 0 Å². The molecule has 4 nitrogen and oxygen atoms in total. The standard InChI is InChI=1S/C18H29F3O4/c1-2-3-4-5-6-7-8-9-11-15(25-17(23)18(19,20)21)14-12-10-13-16(22)24-14/h14-15H,2-13H2,1H3/t14-,15+/m1/s1. The lowest BCUT2D eigenvalue weighted by Gasteiger charge is -2.30. The molecule has 0 aromatic rings. The van der Waals surface area contributed by atoms with Gasteiger partial charge in [0.1, 0.15) is 12.2 Å². The molecule has 0 N–H and O–H groups in total. The Hall–Kier alpha value is -1.27. The Morgan fingerprint density at radius 1 is 1.16 bits per heavy atom. The first-order chi connectivity index (χ1) is 11.8. The summed E-state index contributed by atoms with van der Waals surface area (Å²) in [5.41, 5.74) is 0. The largest absolute Gasteiger partial charge is 0.490 e. The molecule has 1 fully saturated rings. The van der Waals surface area contributed by atoms with Crippen molar-refractivity contribution < 1.29 is 32.2 Å². The summed E-state index contributed by atoms with van der Waals surface area (Å²) in [5, 5.41) is 0. The third-order valence-corrected chi connectivity index (χ3v) is 4.40. The molecular formula is C18H29F3O4. The van der Waals surface area contributed by atoms with Gasteiger partial charge in [-0.05, 0) is 25.7 Å². The van der Waals surface area contributed by atoms with Gasteiger partial charge >= 0.3 is 18.1 Å². The minimum absolute atomic E-state index is 0.258. The summed E-state index contributed by atoms with van der Waals surface area (Å²) in [6.45, 7) is 2.15. The van der Waals surface area contributed by atoms with Gasteiger partial charge in [0.05, 0.1) is 0 Å². The van der Waals surface area contributed by atoms with Gasteiger partial charge in [-0.15, -0.1) is 0 Å². The highest BCUT2D eigenvalue weighted by atomic mass is 19.4. The maximum absolute atomic E-state index is 12.5. The number of alkyl halides is 3. The van der Waals surface area contributed by atoms with Gasteiger partial charge in [0.25, 0.3) is 0 Å². The summed E-state index contributed by atoms with van der Waals surface area (Å²) in [7, 11) is 0. The molecule has 0 aromatic heterocycles. The highest BCUT2D eigenvalue weighted by Crippen LogP contribution is 2.26. The highest BCUT2D eigenvalue weighted by Gasteiger charge is 2.44. The first-order valence-corrected chi connectivity index (χ1v) is 9.32. The van der Waals surface area contributed by atoms with Crippen molar-refractivity contribution in [3.63, 3.8) is 0 Å². The van der Waals surface area contributed by atoms with Crippen LogP contribution in [0.25, 0.3) is 0 Å². The fourth-order valence-electron chi connectivity index (χ4n) is 3.00. The second kappa shape index (κ2) is 11.4. The number of ether oxygens (including phenoxy) is 2. The van der Waals surface area contributed by atoms with Crippen LogP contribution in [-0.4, -0.2) is 30.3 Å². The summed E-state index contributed by atoms with van der Waals surface area (Å²) in [6, 6.07) is 0. The molecule has 1 rings (SSSR count). The molecule has 1 saturated heterocycles. The summed E-state index contributed by atoms with van der Waals surface area (Å²) < 4.78 is 47.1. The summed E-state index contributed by atoms with van der Waals surface area (Å²) in [4.78, 5) is 22.5. The second-order valence-corrected chi connectivity index (χ2v) is 6.63. The van der Waals surface area contributed by atoms with Crippen molar-refractivity contribution in [1.29, 1.82) is 0 Å². The van der Waals surface area contributed by atoms with Crippen LogP contribution in [0.5, 0.6) is 0 Å². The topological polar surface area (TPSA) is 52.6 Å². The minimum atomic E-state index is -5.03. The Labute approximate surface area is 147 Å². The van der Waals surface area contributed by atoms with Gasteiger partial charge < -0.3 is 9.47 Å². The number of hydrogen-bond acceptors (Lipinski definition) is 4. The van der Waals surface area contributed by atoms with Crippen LogP contribution in [0.1, 0.15) is 84.0 Å². The van der Waals surface area contributed by atoms with Crippen LogP contribution in [0.15, 0.2) is 0 Å². The van der Waals surface area contributed by atoms with E-state index in [-0.39, 0.29) is 12.8 Å². The molecule has 0 saturated carbocycles. The lowest BCUT2D eigenvalue weighted by molar-refractivity contribution is -0.212. The number of hydrogen-bond donors (Lipinski definition) is 0. The number of carbonyl (C=O) groups excluding carboxylic acids is 2. The molecule has 7 heteroatoms. The smallest absolute Gasteiger partial charge is 0.458 e. The normalized spacial score (nSPS) is 19.4. The molecular weight excluding hydrogens is 337 g/mol. The number of unbranched alkanes of at least 4 members (excludes halogenated alkanes) is 7. The summed E-state index contributed by atoms with van der Waals surface area (Å²) in [6.07, 6.45) is 3.12. The molecule has 2 atom stereocenters. The van der Waals surface area contributed by atoms with Gasteiger partial charge in [0, 0.05) is 6.42 Å². The van der Waals surface area contributed by atoms with Crippen molar-refractivity contribution >= 4 is 11.9 Å². The van der Waals surface area contributed by atoms with Gasteiger partial charge in [-0.2, -0.15) is 13.2 Å². The zero-order valence-electron chi connectivity index (χ0n) is 14.9. The van der Waals surface area contributed by atoms with Crippen molar-refractivity contribution in [2.45, 2.75) is 102 Å². The predicted molar refractivity (Wildman–Crippen MR) is 86.9 cm³/mol. The van der Waals surface area contributed by atoms with Crippen molar-refractivity contribution in [3.8, 4) is 0 Å². The van der Waals surface area contributed by atoms with Crippen LogP contribution in [0.4, 0.5) is 13.2 Å². The van der Waals surface area contributed by atoms with E-state index in [0.29, 0.717) is 19.3 Å². The molecule has 0 aliphatic carbocycles. The van der Waals surface area contributed by atoms with Gasteiger partial charge in [-0.3, -0.25) is 4.79 Å². The molecule has 25 heavy (non-hydrogen) atoms. The molecule has 0 amide bonds. The molecule has 1 heterocycles. The average molecular weight is 366 g/mol. The SMILES string of the molecule is CCCCCCCCCC[C@H](OC(=O)C(F)(F)F)[C@H]1CCCC(=O)O1. The Kier molecular flexibility index (Phi) is 9.90. The third kappa shape index (κ3) is 9.12. The van der Waals surface area contributed by atoms with E-state index in [2.05, 4.69) is 11.7 Å². The Morgan fingerprint density at radius 2 is 1.76 bits per heavy atom. The lowest BCUT2D eigenvalue weighted by atomic mass is 9.98. The maximum Gasteiger partial charge on any atom is 0.490 e. The molecule has 1 aliphatic rings. The minimum Gasteiger partial charge on any atom is -0.458 e. The summed E-state index contributed by atoms with van der Waals surface area (Å²) >= 11 is 0. The van der Waals surface area contributed by atoms with Crippen molar-refractivity contribution in [1.82, 2.24) is 0 Å². The molecule has 1 aliphatic heterocycles. The quantitative estimate of drug-likeness (QED) is 0.378. The molecule has 0 aromatic carbocycles. The van der Waals surface area contributed by atoms with Gasteiger partial charge in [-0.1, -0.05) is 51.9 Å². The molecule has 0 unspecified atom stereocenters. The van der Waals surface area contributed by atoms with E-state index < -0.39 is 30.3 Å². The highest BCUT2D eigenvalue weighted by molar-refractivity contribution is 5.76. The van der Waals surface area contributed by atoms with Crippen LogP contribution >= 0.6 is 0 Å². The van der Waals surface area contributed by atoms with Crippen LogP contribution < -0.4 is 0 Å². The van der Waals surface area contributed by atoms with E-state index >= 15 is 0 Å². The monoisotopic (exact) mass is 366 g/mol.